The van der Waals surface area contributed by atoms with Gasteiger partial charge in [0.05, 0.1) is 0 Å². The molecule has 0 saturated heterocycles. The Morgan fingerprint density at radius 3 is 3.23 bits per heavy atom. The lowest BCUT2D eigenvalue weighted by atomic mass is 9.83. The van der Waals surface area contributed by atoms with Gasteiger partial charge in [0, 0.05) is 12.3 Å². The topological polar surface area (TPSA) is 17.1 Å². The van der Waals surface area contributed by atoms with Crippen LogP contribution in [-0.2, 0) is 4.79 Å². The molecule has 3 fully saturated rings. The molecule has 0 N–H and O–H groups in total. The number of carbonyl (C=O) groups is 1. The Kier molecular flexibility index (Phi) is 0.861. The van der Waals surface area contributed by atoms with Gasteiger partial charge in [-0.15, -0.1) is 0 Å². The Labute approximate surface area is 78.2 Å². The molecule has 0 amide bonds. The number of rotatable bonds is 0. The van der Waals surface area contributed by atoms with Crippen LogP contribution >= 0.6 is 0 Å². The minimum atomic E-state index is 0.456. The van der Waals surface area contributed by atoms with Gasteiger partial charge in [0.15, 0.2) is 0 Å². The molecule has 0 radical (unpaired) electrons. The molecule has 0 heterocycles. The van der Waals surface area contributed by atoms with Crippen LogP contribution in [0.5, 0.6) is 0 Å². The maximum absolute atomic E-state index is 11.7. The number of allylic oxidation sites excluding steroid dienone is 2. The molecule has 0 bridgehead atoms. The van der Waals surface area contributed by atoms with E-state index in [1.165, 1.54) is 6.42 Å². The molecule has 0 unspecified atom stereocenters. The highest BCUT2D eigenvalue weighted by atomic mass is 16.1. The van der Waals surface area contributed by atoms with E-state index in [4.69, 9.17) is 0 Å². The Balaban J connectivity index is 1.87. The van der Waals surface area contributed by atoms with Crippen molar-refractivity contribution in [1.82, 2.24) is 0 Å². The largest absolute Gasteiger partial charge is 0.299 e. The lowest BCUT2D eigenvalue weighted by Gasteiger charge is -2.20. The zero-order chi connectivity index (χ0) is 8.79. The van der Waals surface area contributed by atoms with Crippen molar-refractivity contribution in [2.75, 3.05) is 0 Å². The first-order valence-corrected chi connectivity index (χ1v) is 5.44. The molecule has 0 aliphatic heterocycles. The van der Waals surface area contributed by atoms with E-state index in [1.54, 1.807) is 0 Å². The van der Waals surface area contributed by atoms with Gasteiger partial charge in [-0.3, -0.25) is 4.79 Å². The van der Waals surface area contributed by atoms with Crippen molar-refractivity contribution in [3.05, 3.63) is 12.2 Å². The summed E-state index contributed by atoms with van der Waals surface area (Å²) in [4.78, 5) is 11.7. The fourth-order valence-electron chi connectivity index (χ4n) is 4.92. The van der Waals surface area contributed by atoms with Gasteiger partial charge in [0.25, 0.3) is 0 Å². The van der Waals surface area contributed by atoms with Crippen molar-refractivity contribution in [1.29, 1.82) is 0 Å². The number of hydrogen-bond acceptors (Lipinski definition) is 1. The van der Waals surface area contributed by atoms with Gasteiger partial charge in [-0.2, -0.15) is 0 Å². The lowest BCUT2D eigenvalue weighted by Crippen LogP contribution is -2.15. The molecular formula is C12H14O. The van der Waals surface area contributed by atoms with E-state index in [0.29, 0.717) is 17.1 Å². The summed E-state index contributed by atoms with van der Waals surface area (Å²) < 4.78 is 0. The van der Waals surface area contributed by atoms with Crippen molar-refractivity contribution in [3.8, 4) is 0 Å². The minimum Gasteiger partial charge on any atom is -0.299 e. The third-order valence-corrected chi connectivity index (χ3v) is 5.40. The highest BCUT2D eigenvalue weighted by molar-refractivity contribution is 5.90. The maximum Gasteiger partial charge on any atom is 0.137 e. The van der Waals surface area contributed by atoms with Crippen LogP contribution in [0, 0.1) is 35.0 Å². The van der Waals surface area contributed by atoms with Crippen molar-refractivity contribution >= 4 is 5.78 Å². The molecule has 13 heavy (non-hydrogen) atoms. The van der Waals surface area contributed by atoms with Crippen LogP contribution in [0.4, 0.5) is 0 Å². The minimum absolute atomic E-state index is 0.456. The van der Waals surface area contributed by atoms with Crippen molar-refractivity contribution < 1.29 is 4.79 Å². The third-order valence-electron chi connectivity index (χ3n) is 5.40. The predicted molar refractivity (Wildman–Crippen MR) is 48.9 cm³/mol. The zero-order valence-electron chi connectivity index (χ0n) is 7.86. The molecule has 6 atom stereocenters. The number of Topliss-reactive ketones (excluding diaryl/α,β-unsaturated/α-hetero) is 1. The highest BCUT2D eigenvalue weighted by Crippen LogP contribution is 2.80. The van der Waals surface area contributed by atoms with Gasteiger partial charge in [-0.25, -0.2) is 0 Å². The van der Waals surface area contributed by atoms with Gasteiger partial charge < -0.3 is 0 Å². The average Bonchev–Trinajstić information content (AvgIpc) is 2.45. The summed E-state index contributed by atoms with van der Waals surface area (Å²) in [5.41, 5.74) is 0.456. The van der Waals surface area contributed by atoms with Crippen LogP contribution in [0.3, 0.4) is 0 Å². The Bertz CT molecular complexity index is 343. The maximum atomic E-state index is 11.7. The summed E-state index contributed by atoms with van der Waals surface area (Å²) in [7, 11) is 0. The summed E-state index contributed by atoms with van der Waals surface area (Å²) in [5.74, 6) is 4.18. The molecule has 4 rings (SSSR count). The van der Waals surface area contributed by atoms with Crippen LogP contribution < -0.4 is 0 Å². The molecule has 0 aromatic rings. The first-order chi connectivity index (χ1) is 6.24. The second-order valence-corrected chi connectivity index (χ2v) is 5.55. The summed E-state index contributed by atoms with van der Waals surface area (Å²) in [6.07, 6.45) is 6.89. The summed E-state index contributed by atoms with van der Waals surface area (Å²) in [5, 5.41) is 0. The van der Waals surface area contributed by atoms with E-state index in [2.05, 4.69) is 19.1 Å². The van der Waals surface area contributed by atoms with E-state index >= 15 is 0 Å². The van der Waals surface area contributed by atoms with Gasteiger partial charge in [-0.1, -0.05) is 19.1 Å². The van der Waals surface area contributed by atoms with E-state index in [-0.39, 0.29) is 0 Å². The second-order valence-electron chi connectivity index (χ2n) is 5.55. The molecule has 68 valence electrons. The number of hydrogen-bond donors (Lipinski definition) is 0. The summed E-state index contributed by atoms with van der Waals surface area (Å²) in [6, 6.07) is 0. The van der Waals surface area contributed by atoms with Gasteiger partial charge in [0.2, 0.25) is 0 Å². The van der Waals surface area contributed by atoms with Crippen LogP contribution in [0.25, 0.3) is 0 Å². The molecular weight excluding hydrogens is 160 g/mol. The lowest BCUT2D eigenvalue weighted by molar-refractivity contribution is -0.119. The standard InChI is InChI=1S/C12H14O/c1-12-8-5-9(13)11(12)10(12)7-4-2-3-6(7)8/h2,4,6-8,10-11H,3,5H2,1H3/t6-,7+,8+,10+,11-,12+/m0/s1. The highest BCUT2D eigenvalue weighted by Gasteiger charge is 2.80. The fourth-order valence-corrected chi connectivity index (χ4v) is 4.92. The van der Waals surface area contributed by atoms with Gasteiger partial charge in [-0.05, 0) is 35.5 Å². The smallest absolute Gasteiger partial charge is 0.137 e. The quantitative estimate of drug-likeness (QED) is 0.513. The van der Waals surface area contributed by atoms with Gasteiger partial charge in [0.1, 0.15) is 5.78 Å². The van der Waals surface area contributed by atoms with E-state index in [1.807, 2.05) is 0 Å². The molecule has 4 aliphatic carbocycles. The molecule has 1 heteroatoms. The van der Waals surface area contributed by atoms with Crippen LogP contribution in [-0.4, -0.2) is 5.78 Å². The number of carbonyl (C=O) groups excluding carboxylic acids is 1. The molecule has 0 spiro atoms. The van der Waals surface area contributed by atoms with E-state index in [0.717, 1.165) is 30.1 Å². The summed E-state index contributed by atoms with van der Waals surface area (Å²) in [6.45, 7) is 2.37. The summed E-state index contributed by atoms with van der Waals surface area (Å²) >= 11 is 0. The Morgan fingerprint density at radius 2 is 2.38 bits per heavy atom. The van der Waals surface area contributed by atoms with Crippen molar-refractivity contribution in [3.63, 3.8) is 0 Å². The normalized spacial score (nSPS) is 65.6. The number of fused-ring (bicyclic) bond motifs is 4. The fraction of sp³-hybridized carbons (Fsp3) is 0.750. The second kappa shape index (κ2) is 1.65. The molecule has 0 aromatic heterocycles. The van der Waals surface area contributed by atoms with Gasteiger partial charge >= 0.3 is 0 Å². The Hall–Kier alpha value is -0.590. The predicted octanol–water partition coefficient (Wildman–Crippen LogP) is 2.03. The van der Waals surface area contributed by atoms with Crippen LogP contribution in [0.1, 0.15) is 19.8 Å². The first kappa shape index (κ1) is 6.80. The van der Waals surface area contributed by atoms with E-state index in [9.17, 15) is 4.79 Å². The molecule has 3 saturated carbocycles. The monoisotopic (exact) mass is 174 g/mol. The van der Waals surface area contributed by atoms with Crippen molar-refractivity contribution in [2.24, 2.45) is 35.0 Å². The first-order valence-electron chi connectivity index (χ1n) is 5.44. The molecule has 0 aromatic carbocycles. The van der Waals surface area contributed by atoms with Crippen molar-refractivity contribution in [2.45, 2.75) is 19.8 Å². The SMILES string of the molecule is C[C@]12[C@@H]3[C@@H]4C=CC[C@@H]4[C@H]1CC(=O)[C@@H]32. The Morgan fingerprint density at radius 1 is 1.54 bits per heavy atom. The number of ketones is 1. The molecule has 1 nitrogen and oxygen atoms in total. The zero-order valence-corrected chi connectivity index (χ0v) is 7.86. The average molecular weight is 174 g/mol. The molecule has 4 aliphatic rings. The third kappa shape index (κ3) is 0.490. The van der Waals surface area contributed by atoms with Crippen LogP contribution in [0.15, 0.2) is 12.2 Å². The van der Waals surface area contributed by atoms with E-state index < -0.39 is 0 Å². The van der Waals surface area contributed by atoms with Crippen LogP contribution in [0.2, 0.25) is 0 Å².